The number of halogens is 1. The summed E-state index contributed by atoms with van der Waals surface area (Å²) in [5.41, 5.74) is 8.48. The first-order valence-corrected chi connectivity index (χ1v) is 8.52. The van der Waals surface area contributed by atoms with Crippen LogP contribution >= 0.6 is 12.4 Å². The van der Waals surface area contributed by atoms with E-state index in [-0.39, 0.29) is 23.3 Å². The Balaban J connectivity index is 0.00000192. The monoisotopic (exact) mass is 350 g/mol. The zero-order valence-corrected chi connectivity index (χ0v) is 14.6. The van der Waals surface area contributed by atoms with Crippen molar-refractivity contribution in [2.24, 2.45) is 5.73 Å². The maximum absolute atomic E-state index is 12.8. The van der Waals surface area contributed by atoms with Gasteiger partial charge in [0.05, 0.1) is 10.4 Å². The molecule has 6 heteroatoms. The third kappa shape index (κ3) is 3.13. The molecule has 0 aliphatic heterocycles. The molecule has 23 heavy (non-hydrogen) atoms. The summed E-state index contributed by atoms with van der Waals surface area (Å²) in [5, 5.41) is 0.875. The maximum Gasteiger partial charge on any atom is 0.268 e. The van der Waals surface area contributed by atoms with Gasteiger partial charge < -0.3 is 5.73 Å². The number of aryl methyl sites for hydroxylation is 1. The van der Waals surface area contributed by atoms with Crippen molar-refractivity contribution >= 4 is 33.3 Å². The molecular formula is C17H19ClN2O2S. The highest BCUT2D eigenvalue weighted by Crippen LogP contribution is 2.25. The second kappa shape index (κ2) is 6.35. The van der Waals surface area contributed by atoms with E-state index in [0.29, 0.717) is 5.52 Å². The van der Waals surface area contributed by atoms with E-state index < -0.39 is 10.0 Å². The van der Waals surface area contributed by atoms with Crippen LogP contribution in [0.3, 0.4) is 0 Å². The average molecular weight is 351 g/mol. The Morgan fingerprint density at radius 1 is 1.04 bits per heavy atom. The molecule has 0 saturated carbocycles. The molecule has 4 nitrogen and oxygen atoms in total. The van der Waals surface area contributed by atoms with Crippen LogP contribution in [0.5, 0.6) is 0 Å². The number of aromatic nitrogens is 1. The average Bonchev–Trinajstić information content (AvgIpc) is 2.91. The van der Waals surface area contributed by atoms with E-state index in [1.54, 1.807) is 36.5 Å². The van der Waals surface area contributed by atoms with Crippen LogP contribution in [-0.4, -0.2) is 12.4 Å². The number of nitrogens with zero attached hydrogens (tertiary/aromatic N) is 1. The Labute approximate surface area is 142 Å². The van der Waals surface area contributed by atoms with Gasteiger partial charge in [-0.15, -0.1) is 12.4 Å². The normalized spacial score (nSPS) is 12.8. The lowest BCUT2D eigenvalue weighted by atomic mass is 10.1. The zero-order chi connectivity index (χ0) is 15.9. The SMILES string of the molecule is Cc1ccc(S(=O)(=O)n2ccc3ccc([C@H](C)N)cc32)cc1.Cl. The highest BCUT2D eigenvalue weighted by Gasteiger charge is 2.19. The van der Waals surface area contributed by atoms with E-state index in [4.69, 9.17) is 5.73 Å². The van der Waals surface area contributed by atoms with Crippen molar-refractivity contribution < 1.29 is 8.42 Å². The second-order valence-corrected chi connectivity index (χ2v) is 7.35. The lowest BCUT2D eigenvalue weighted by Gasteiger charge is -2.10. The summed E-state index contributed by atoms with van der Waals surface area (Å²) < 4.78 is 27.0. The molecule has 0 unspecified atom stereocenters. The molecule has 1 atom stereocenters. The van der Waals surface area contributed by atoms with E-state index in [1.807, 2.05) is 32.0 Å². The molecule has 0 aliphatic rings. The lowest BCUT2D eigenvalue weighted by molar-refractivity contribution is 0.589. The Morgan fingerprint density at radius 3 is 2.30 bits per heavy atom. The molecule has 3 aromatic rings. The van der Waals surface area contributed by atoms with E-state index in [9.17, 15) is 8.42 Å². The summed E-state index contributed by atoms with van der Waals surface area (Å²) in [6.45, 7) is 3.80. The number of nitrogens with two attached hydrogens (primary N) is 1. The van der Waals surface area contributed by atoms with E-state index in [0.717, 1.165) is 16.5 Å². The molecule has 1 heterocycles. The molecule has 0 aliphatic carbocycles. The Morgan fingerprint density at radius 2 is 1.70 bits per heavy atom. The maximum atomic E-state index is 12.8. The van der Waals surface area contributed by atoms with Gasteiger partial charge in [0.2, 0.25) is 0 Å². The van der Waals surface area contributed by atoms with Crippen LogP contribution in [0.4, 0.5) is 0 Å². The van der Waals surface area contributed by atoms with Crippen molar-refractivity contribution in [3.8, 4) is 0 Å². The minimum atomic E-state index is -3.61. The largest absolute Gasteiger partial charge is 0.324 e. The van der Waals surface area contributed by atoms with Gasteiger partial charge >= 0.3 is 0 Å². The van der Waals surface area contributed by atoms with Crippen LogP contribution in [0, 0.1) is 6.92 Å². The summed E-state index contributed by atoms with van der Waals surface area (Å²) in [7, 11) is -3.61. The zero-order valence-electron chi connectivity index (χ0n) is 12.9. The van der Waals surface area contributed by atoms with Crippen molar-refractivity contribution in [1.82, 2.24) is 3.97 Å². The van der Waals surface area contributed by atoms with Gasteiger partial charge in [-0.05, 0) is 43.7 Å². The van der Waals surface area contributed by atoms with E-state index in [2.05, 4.69) is 0 Å². The lowest BCUT2D eigenvalue weighted by Crippen LogP contribution is -2.12. The summed E-state index contributed by atoms with van der Waals surface area (Å²) in [6, 6.07) is 14.2. The molecular weight excluding hydrogens is 332 g/mol. The fourth-order valence-corrected chi connectivity index (χ4v) is 3.78. The molecule has 0 saturated heterocycles. The highest BCUT2D eigenvalue weighted by atomic mass is 35.5. The fourth-order valence-electron chi connectivity index (χ4n) is 2.44. The number of fused-ring (bicyclic) bond motifs is 1. The third-order valence-corrected chi connectivity index (χ3v) is 5.49. The van der Waals surface area contributed by atoms with Crippen molar-refractivity contribution in [3.05, 3.63) is 65.9 Å². The topological polar surface area (TPSA) is 65.1 Å². The fraction of sp³-hybridized carbons (Fsp3) is 0.176. The van der Waals surface area contributed by atoms with E-state index in [1.165, 1.54) is 3.97 Å². The third-order valence-electron chi connectivity index (χ3n) is 3.78. The van der Waals surface area contributed by atoms with Crippen molar-refractivity contribution in [2.45, 2.75) is 24.8 Å². The van der Waals surface area contributed by atoms with Crippen LogP contribution < -0.4 is 5.73 Å². The number of rotatable bonds is 3. The molecule has 3 rings (SSSR count). The predicted octanol–water partition coefficient (Wildman–Crippen LogP) is 3.63. The van der Waals surface area contributed by atoms with Crippen LogP contribution in [0.25, 0.3) is 10.9 Å². The smallest absolute Gasteiger partial charge is 0.268 e. The molecule has 2 aromatic carbocycles. The van der Waals surface area contributed by atoms with Gasteiger partial charge in [0.25, 0.3) is 10.0 Å². The molecule has 122 valence electrons. The Hall–Kier alpha value is -1.82. The van der Waals surface area contributed by atoms with Gasteiger partial charge in [-0.3, -0.25) is 0 Å². The molecule has 0 fully saturated rings. The second-order valence-electron chi connectivity index (χ2n) is 5.54. The molecule has 0 amide bonds. The first-order valence-electron chi connectivity index (χ1n) is 7.08. The van der Waals surface area contributed by atoms with E-state index >= 15 is 0 Å². The quantitative estimate of drug-likeness (QED) is 0.784. The first kappa shape index (κ1) is 17.5. The molecule has 1 aromatic heterocycles. The van der Waals surface area contributed by atoms with Crippen molar-refractivity contribution in [2.75, 3.05) is 0 Å². The number of hydrogen-bond acceptors (Lipinski definition) is 3. The summed E-state index contributed by atoms with van der Waals surface area (Å²) in [4.78, 5) is 0.279. The predicted molar refractivity (Wildman–Crippen MR) is 95.6 cm³/mol. The van der Waals surface area contributed by atoms with Gasteiger partial charge in [-0.25, -0.2) is 12.4 Å². The van der Waals surface area contributed by atoms with Crippen LogP contribution in [0.2, 0.25) is 0 Å². The minimum Gasteiger partial charge on any atom is -0.324 e. The summed E-state index contributed by atoms with van der Waals surface area (Å²) in [5.74, 6) is 0. The molecule has 0 radical (unpaired) electrons. The molecule has 0 spiro atoms. The minimum absolute atomic E-state index is 0. The van der Waals surface area contributed by atoms with Gasteiger partial charge in [0, 0.05) is 17.6 Å². The van der Waals surface area contributed by atoms with Crippen molar-refractivity contribution in [3.63, 3.8) is 0 Å². The summed E-state index contributed by atoms with van der Waals surface area (Å²) in [6.07, 6.45) is 1.59. The Kier molecular flexibility index (Phi) is 4.84. The van der Waals surface area contributed by atoms with Crippen molar-refractivity contribution in [1.29, 1.82) is 0 Å². The van der Waals surface area contributed by atoms with Gasteiger partial charge in [-0.2, -0.15) is 0 Å². The summed E-state index contributed by atoms with van der Waals surface area (Å²) >= 11 is 0. The first-order chi connectivity index (χ1) is 10.4. The molecule has 2 N–H and O–H groups in total. The van der Waals surface area contributed by atoms with Crippen LogP contribution in [0.1, 0.15) is 24.1 Å². The van der Waals surface area contributed by atoms with Gasteiger partial charge in [0.15, 0.2) is 0 Å². The van der Waals surface area contributed by atoms with Gasteiger partial charge in [-0.1, -0.05) is 29.8 Å². The highest BCUT2D eigenvalue weighted by molar-refractivity contribution is 7.90. The van der Waals surface area contributed by atoms with Crippen LogP contribution in [-0.2, 0) is 10.0 Å². The number of benzene rings is 2. The standard InChI is InChI=1S/C17H18N2O2S.ClH/c1-12-3-7-16(8-4-12)22(20,21)19-10-9-14-5-6-15(13(2)18)11-17(14)19;/h3-11,13H,18H2,1-2H3;1H/t13-;/m0./s1. The Bertz CT molecular complexity index is 929. The molecule has 0 bridgehead atoms. The number of hydrogen-bond donors (Lipinski definition) is 1. The van der Waals surface area contributed by atoms with Crippen LogP contribution in [0.15, 0.2) is 59.6 Å². The van der Waals surface area contributed by atoms with Gasteiger partial charge in [0.1, 0.15) is 0 Å².